The van der Waals surface area contributed by atoms with Gasteiger partial charge < -0.3 is 10.6 Å². The van der Waals surface area contributed by atoms with E-state index in [-0.39, 0.29) is 0 Å². The number of nitrogen functional groups attached to an aromatic ring is 1. The van der Waals surface area contributed by atoms with Gasteiger partial charge in [0, 0.05) is 24.1 Å². The SMILES string of the molecule is CC1CN(c2nc(N)c(Cl)cc2Cl)CCS1. The first-order chi connectivity index (χ1) is 7.58. The van der Waals surface area contributed by atoms with Crippen LogP contribution in [0.15, 0.2) is 6.07 Å². The first-order valence-corrected chi connectivity index (χ1v) is 6.86. The second-order valence-corrected chi connectivity index (χ2v) is 6.15. The second-order valence-electron chi connectivity index (χ2n) is 3.79. The maximum absolute atomic E-state index is 6.13. The molecule has 0 bridgehead atoms. The van der Waals surface area contributed by atoms with Gasteiger partial charge >= 0.3 is 0 Å². The third-order valence-electron chi connectivity index (χ3n) is 2.48. The Kier molecular flexibility index (Phi) is 3.72. The minimum absolute atomic E-state index is 0.340. The molecular formula is C10H13Cl2N3S. The number of rotatable bonds is 1. The molecule has 6 heteroatoms. The van der Waals surface area contributed by atoms with Crippen molar-refractivity contribution in [2.24, 2.45) is 0 Å². The molecule has 1 atom stereocenters. The number of aromatic nitrogens is 1. The fourth-order valence-corrected chi connectivity index (χ4v) is 3.19. The molecule has 1 aliphatic rings. The molecule has 0 radical (unpaired) electrons. The molecule has 1 aromatic rings. The average molecular weight is 278 g/mol. The van der Waals surface area contributed by atoms with Crippen LogP contribution in [0.2, 0.25) is 10.0 Å². The van der Waals surface area contributed by atoms with Gasteiger partial charge in [-0.15, -0.1) is 0 Å². The average Bonchev–Trinajstić information content (AvgIpc) is 2.23. The predicted molar refractivity (Wildman–Crippen MR) is 72.8 cm³/mol. The minimum Gasteiger partial charge on any atom is -0.382 e. The summed E-state index contributed by atoms with van der Waals surface area (Å²) < 4.78 is 0. The van der Waals surface area contributed by atoms with Crippen LogP contribution in [0.1, 0.15) is 6.92 Å². The number of pyridine rings is 1. The standard InChI is InChI=1S/C10H13Cl2N3S/c1-6-5-15(2-3-16-6)10-8(12)4-7(11)9(13)14-10/h4,6H,2-3,5H2,1H3,(H2,13,14). The summed E-state index contributed by atoms with van der Waals surface area (Å²) in [5, 5.41) is 1.56. The van der Waals surface area contributed by atoms with Crippen LogP contribution in [-0.2, 0) is 0 Å². The summed E-state index contributed by atoms with van der Waals surface area (Å²) in [6, 6.07) is 1.66. The molecule has 1 aromatic heterocycles. The van der Waals surface area contributed by atoms with Crippen LogP contribution in [0.5, 0.6) is 0 Å². The highest BCUT2D eigenvalue weighted by molar-refractivity contribution is 8.00. The van der Waals surface area contributed by atoms with E-state index in [9.17, 15) is 0 Å². The summed E-state index contributed by atoms with van der Waals surface area (Å²) in [5.41, 5.74) is 5.70. The fraction of sp³-hybridized carbons (Fsp3) is 0.500. The molecule has 1 aliphatic heterocycles. The van der Waals surface area contributed by atoms with Crippen LogP contribution in [0.3, 0.4) is 0 Å². The number of anilines is 2. The zero-order valence-electron chi connectivity index (χ0n) is 8.91. The highest BCUT2D eigenvalue weighted by atomic mass is 35.5. The van der Waals surface area contributed by atoms with E-state index in [0.29, 0.717) is 21.1 Å². The Bertz CT molecular complexity index is 400. The fourth-order valence-electron chi connectivity index (χ4n) is 1.70. The molecular weight excluding hydrogens is 265 g/mol. The van der Waals surface area contributed by atoms with E-state index < -0.39 is 0 Å². The maximum atomic E-state index is 6.13. The lowest BCUT2D eigenvalue weighted by molar-refractivity contribution is 0.771. The quantitative estimate of drug-likeness (QED) is 0.857. The van der Waals surface area contributed by atoms with Gasteiger partial charge in [0.05, 0.1) is 10.0 Å². The third-order valence-corrected chi connectivity index (χ3v) is 4.20. The van der Waals surface area contributed by atoms with Crippen molar-refractivity contribution in [1.29, 1.82) is 0 Å². The van der Waals surface area contributed by atoms with Crippen molar-refractivity contribution < 1.29 is 0 Å². The lowest BCUT2D eigenvalue weighted by Crippen LogP contribution is -2.37. The number of hydrogen-bond donors (Lipinski definition) is 1. The van der Waals surface area contributed by atoms with Crippen LogP contribution < -0.4 is 10.6 Å². The highest BCUT2D eigenvalue weighted by Gasteiger charge is 2.20. The summed E-state index contributed by atoms with van der Waals surface area (Å²) in [5.74, 6) is 2.17. The van der Waals surface area contributed by atoms with Crippen LogP contribution in [0.25, 0.3) is 0 Å². The van der Waals surface area contributed by atoms with E-state index in [0.717, 1.165) is 24.7 Å². The normalized spacial score (nSPS) is 21.2. The molecule has 1 saturated heterocycles. The molecule has 88 valence electrons. The number of thioether (sulfide) groups is 1. The van der Waals surface area contributed by atoms with Crippen LogP contribution in [0.4, 0.5) is 11.6 Å². The predicted octanol–water partition coefficient (Wildman–Crippen LogP) is 2.91. The first kappa shape index (κ1) is 12.1. The summed E-state index contributed by atoms with van der Waals surface area (Å²) >= 11 is 14.0. The molecule has 0 aliphatic carbocycles. The first-order valence-electron chi connectivity index (χ1n) is 5.06. The number of halogens is 2. The van der Waals surface area contributed by atoms with Gasteiger partial charge in [0.1, 0.15) is 11.6 Å². The van der Waals surface area contributed by atoms with Crippen molar-refractivity contribution in [3.63, 3.8) is 0 Å². The molecule has 2 N–H and O–H groups in total. The molecule has 16 heavy (non-hydrogen) atoms. The van der Waals surface area contributed by atoms with Gasteiger partial charge in [0.25, 0.3) is 0 Å². The molecule has 0 spiro atoms. The number of nitrogens with zero attached hydrogens (tertiary/aromatic N) is 2. The van der Waals surface area contributed by atoms with Crippen molar-refractivity contribution in [1.82, 2.24) is 4.98 Å². The van der Waals surface area contributed by atoms with Gasteiger partial charge in [-0.1, -0.05) is 30.1 Å². The third kappa shape index (κ3) is 2.50. The van der Waals surface area contributed by atoms with Crippen LogP contribution in [0, 0.1) is 0 Å². The molecule has 0 amide bonds. The Labute approximate surface area is 109 Å². The van der Waals surface area contributed by atoms with E-state index in [4.69, 9.17) is 28.9 Å². The van der Waals surface area contributed by atoms with E-state index >= 15 is 0 Å². The molecule has 0 aromatic carbocycles. The summed E-state index contributed by atoms with van der Waals surface area (Å²) in [7, 11) is 0. The highest BCUT2D eigenvalue weighted by Crippen LogP contribution is 2.32. The smallest absolute Gasteiger partial charge is 0.150 e. The Balaban J connectivity index is 2.29. The Morgan fingerprint density at radius 1 is 1.50 bits per heavy atom. The molecule has 2 rings (SSSR count). The van der Waals surface area contributed by atoms with Crippen molar-refractivity contribution >= 4 is 46.6 Å². The zero-order chi connectivity index (χ0) is 11.7. The summed E-state index contributed by atoms with van der Waals surface area (Å²) in [6.07, 6.45) is 0. The lowest BCUT2D eigenvalue weighted by atomic mass is 10.3. The van der Waals surface area contributed by atoms with Crippen molar-refractivity contribution in [2.75, 3.05) is 29.5 Å². The minimum atomic E-state index is 0.340. The topological polar surface area (TPSA) is 42.2 Å². The Morgan fingerprint density at radius 2 is 2.25 bits per heavy atom. The van der Waals surface area contributed by atoms with Gasteiger partial charge in [-0.2, -0.15) is 11.8 Å². The molecule has 2 heterocycles. The van der Waals surface area contributed by atoms with Gasteiger partial charge in [-0.3, -0.25) is 0 Å². The van der Waals surface area contributed by atoms with E-state index in [2.05, 4.69) is 16.8 Å². The van der Waals surface area contributed by atoms with Crippen molar-refractivity contribution in [2.45, 2.75) is 12.2 Å². The van der Waals surface area contributed by atoms with E-state index in [1.54, 1.807) is 6.07 Å². The van der Waals surface area contributed by atoms with E-state index in [1.165, 1.54) is 0 Å². The largest absolute Gasteiger partial charge is 0.382 e. The molecule has 1 fully saturated rings. The molecule has 3 nitrogen and oxygen atoms in total. The second kappa shape index (κ2) is 4.90. The molecule has 0 saturated carbocycles. The van der Waals surface area contributed by atoms with E-state index in [1.807, 2.05) is 11.8 Å². The lowest BCUT2D eigenvalue weighted by Gasteiger charge is -2.32. The van der Waals surface area contributed by atoms with Gasteiger partial charge in [0.15, 0.2) is 0 Å². The maximum Gasteiger partial charge on any atom is 0.150 e. The van der Waals surface area contributed by atoms with Crippen molar-refractivity contribution in [3.8, 4) is 0 Å². The number of nitrogens with two attached hydrogens (primary N) is 1. The van der Waals surface area contributed by atoms with Crippen molar-refractivity contribution in [3.05, 3.63) is 16.1 Å². The number of hydrogen-bond acceptors (Lipinski definition) is 4. The van der Waals surface area contributed by atoms with Gasteiger partial charge in [-0.05, 0) is 6.07 Å². The summed E-state index contributed by atoms with van der Waals surface area (Å²) in [6.45, 7) is 4.09. The van der Waals surface area contributed by atoms with Gasteiger partial charge in [-0.25, -0.2) is 4.98 Å². The molecule has 1 unspecified atom stereocenters. The Hall–Kier alpha value is -0.320. The van der Waals surface area contributed by atoms with Crippen LogP contribution in [-0.4, -0.2) is 29.1 Å². The Morgan fingerprint density at radius 3 is 2.94 bits per heavy atom. The van der Waals surface area contributed by atoms with Crippen LogP contribution >= 0.6 is 35.0 Å². The zero-order valence-corrected chi connectivity index (χ0v) is 11.2. The van der Waals surface area contributed by atoms with Gasteiger partial charge in [0.2, 0.25) is 0 Å². The monoisotopic (exact) mass is 277 g/mol. The summed E-state index contributed by atoms with van der Waals surface area (Å²) in [4.78, 5) is 6.42.